The van der Waals surface area contributed by atoms with Gasteiger partial charge in [0.2, 0.25) is 0 Å². The van der Waals surface area contributed by atoms with Crippen LogP contribution in [0.15, 0.2) is 24.4 Å². The Morgan fingerprint density at radius 3 is 2.68 bits per heavy atom. The zero-order valence-electron chi connectivity index (χ0n) is 11.7. The molecular weight excluding hydrogens is 238 g/mol. The topological polar surface area (TPSA) is 62.4 Å². The summed E-state index contributed by atoms with van der Waals surface area (Å²) in [5, 5.41) is 11.3. The summed E-state index contributed by atoms with van der Waals surface area (Å²) in [7, 11) is 0. The molecule has 102 valence electrons. The summed E-state index contributed by atoms with van der Waals surface area (Å²) in [5.74, 6) is 0. The number of hydrogen-bond acceptors (Lipinski definition) is 4. The molecule has 0 amide bonds. The third-order valence-electron chi connectivity index (χ3n) is 3.32. The Labute approximate surface area is 113 Å². The molecule has 4 heteroatoms. The minimum Gasteiger partial charge on any atom is -0.398 e. The van der Waals surface area contributed by atoms with Crippen LogP contribution >= 0.6 is 0 Å². The molecule has 3 N–H and O–H groups in total. The standard InChI is InChI=1S/C15H21N3O/c1-10(2)18(6-7-19)15-5-4-14(16)13-9-17-11(3)8-12(13)15/h4-5,8-10,19H,6-7,16H2,1-3H3. The Balaban J connectivity index is 2.65. The van der Waals surface area contributed by atoms with Crippen molar-refractivity contribution in [1.29, 1.82) is 0 Å². The fourth-order valence-corrected chi connectivity index (χ4v) is 2.37. The van der Waals surface area contributed by atoms with Gasteiger partial charge in [-0.15, -0.1) is 0 Å². The monoisotopic (exact) mass is 259 g/mol. The zero-order chi connectivity index (χ0) is 14.0. The number of aromatic nitrogens is 1. The van der Waals surface area contributed by atoms with Gasteiger partial charge in [-0.05, 0) is 39.0 Å². The van der Waals surface area contributed by atoms with E-state index >= 15 is 0 Å². The fourth-order valence-electron chi connectivity index (χ4n) is 2.37. The quantitative estimate of drug-likeness (QED) is 0.827. The van der Waals surface area contributed by atoms with Crippen molar-refractivity contribution in [3.05, 3.63) is 30.1 Å². The maximum atomic E-state index is 9.25. The molecule has 0 aliphatic carbocycles. The minimum atomic E-state index is 0.133. The van der Waals surface area contributed by atoms with E-state index in [1.54, 1.807) is 0 Å². The summed E-state index contributed by atoms with van der Waals surface area (Å²) >= 11 is 0. The van der Waals surface area contributed by atoms with E-state index in [1.807, 2.05) is 31.3 Å². The summed E-state index contributed by atoms with van der Waals surface area (Å²) in [6.07, 6.45) is 1.82. The van der Waals surface area contributed by atoms with Gasteiger partial charge in [0.25, 0.3) is 0 Å². The second kappa shape index (κ2) is 5.45. The Morgan fingerprint density at radius 2 is 2.05 bits per heavy atom. The van der Waals surface area contributed by atoms with Crippen molar-refractivity contribution in [3.63, 3.8) is 0 Å². The summed E-state index contributed by atoms with van der Waals surface area (Å²) in [4.78, 5) is 6.49. The number of benzene rings is 1. The molecule has 1 aromatic carbocycles. The molecule has 0 saturated heterocycles. The first-order valence-corrected chi connectivity index (χ1v) is 6.57. The molecule has 2 rings (SSSR count). The lowest BCUT2D eigenvalue weighted by Gasteiger charge is -2.29. The maximum Gasteiger partial charge on any atom is 0.0606 e. The molecule has 4 nitrogen and oxygen atoms in total. The molecule has 0 radical (unpaired) electrons. The van der Waals surface area contributed by atoms with Crippen LogP contribution in [-0.4, -0.2) is 29.3 Å². The molecule has 0 fully saturated rings. The third kappa shape index (κ3) is 2.63. The normalized spacial score (nSPS) is 11.2. The molecule has 1 aromatic heterocycles. The van der Waals surface area contributed by atoms with E-state index in [4.69, 9.17) is 5.73 Å². The molecule has 19 heavy (non-hydrogen) atoms. The Hall–Kier alpha value is -1.81. The van der Waals surface area contributed by atoms with Gasteiger partial charge in [-0.1, -0.05) is 0 Å². The molecule has 0 unspecified atom stereocenters. The van der Waals surface area contributed by atoms with Crippen molar-refractivity contribution in [1.82, 2.24) is 4.98 Å². The van der Waals surface area contributed by atoms with Gasteiger partial charge in [-0.25, -0.2) is 0 Å². The number of aryl methyl sites for hydroxylation is 1. The van der Waals surface area contributed by atoms with Crippen LogP contribution in [0.3, 0.4) is 0 Å². The highest BCUT2D eigenvalue weighted by Gasteiger charge is 2.14. The number of aliphatic hydroxyl groups excluding tert-OH is 1. The first-order valence-electron chi connectivity index (χ1n) is 6.57. The molecule has 0 aliphatic rings. The number of pyridine rings is 1. The average Bonchev–Trinajstić information content (AvgIpc) is 2.36. The van der Waals surface area contributed by atoms with Crippen molar-refractivity contribution >= 4 is 22.1 Å². The van der Waals surface area contributed by atoms with Crippen LogP contribution in [-0.2, 0) is 0 Å². The maximum absolute atomic E-state index is 9.25. The van der Waals surface area contributed by atoms with Crippen molar-refractivity contribution in [3.8, 4) is 0 Å². The van der Waals surface area contributed by atoms with Gasteiger partial charge in [-0.3, -0.25) is 4.98 Å². The largest absolute Gasteiger partial charge is 0.398 e. The summed E-state index contributed by atoms with van der Waals surface area (Å²) in [5.41, 5.74) is 8.81. The van der Waals surface area contributed by atoms with Crippen LogP contribution in [0.5, 0.6) is 0 Å². The Bertz CT molecular complexity index is 581. The lowest BCUT2D eigenvalue weighted by Crippen LogP contribution is -2.33. The average molecular weight is 259 g/mol. The second-order valence-electron chi connectivity index (χ2n) is 5.06. The van der Waals surface area contributed by atoms with Gasteiger partial charge < -0.3 is 15.7 Å². The number of fused-ring (bicyclic) bond motifs is 1. The number of nitrogens with two attached hydrogens (primary N) is 1. The van der Waals surface area contributed by atoms with E-state index in [9.17, 15) is 5.11 Å². The molecule has 0 saturated carbocycles. The number of nitrogens with zero attached hydrogens (tertiary/aromatic N) is 2. The van der Waals surface area contributed by atoms with E-state index in [1.165, 1.54) is 0 Å². The highest BCUT2D eigenvalue weighted by atomic mass is 16.3. The fraction of sp³-hybridized carbons (Fsp3) is 0.400. The lowest BCUT2D eigenvalue weighted by molar-refractivity contribution is 0.299. The van der Waals surface area contributed by atoms with Gasteiger partial charge in [0.1, 0.15) is 0 Å². The Morgan fingerprint density at radius 1 is 1.32 bits per heavy atom. The molecule has 2 aromatic rings. The van der Waals surface area contributed by atoms with Gasteiger partial charge in [0.05, 0.1) is 6.61 Å². The summed E-state index contributed by atoms with van der Waals surface area (Å²) in [6, 6.07) is 6.29. The number of anilines is 2. The number of aliphatic hydroxyl groups is 1. The molecule has 1 heterocycles. The van der Waals surface area contributed by atoms with Crippen LogP contribution in [0.25, 0.3) is 10.8 Å². The van der Waals surface area contributed by atoms with Crippen molar-refractivity contribution in [2.75, 3.05) is 23.8 Å². The number of hydrogen-bond donors (Lipinski definition) is 2. The summed E-state index contributed by atoms with van der Waals surface area (Å²) in [6.45, 7) is 6.95. The number of rotatable bonds is 4. The van der Waals surface area contributed by atoms with Gasteiger partial charge in [-0.2, -0.15) is 0 Å². The van der Waals surface area contributed by atoms with Crippen LogP contribution in [0.4, 0.5) is 11.4 Å². The van der Waals surface area contributed by atoms with E-state index < -0.39 is 0 Å². The SMILES string of the molecule is Cc1cc2c(N(CCO)C(C)C)ccc(N)c2cn1. The van der Waals surface area contributed by atoms with Crippen LogP contribution in [0.2, 0.25) is 0 Å². The van der Waals surface area contributed by atoms with Gasteiger partial charge in [0.15, 0.2) is 0 Å². The predicted octanol–water partition coefficient (Wildman–Crippen LogP) is 2.33. The second-order valence-corrected chi connectivity index (χ2v) is 5.06. The molecular formula is C15H21N3O. The van der Waals surface area contributed by atoms with Crippen LogP contribution < -0.4 is 10.6 Å². The van der Waals surface area contributed by atoms with Gasteiger partial charge in [0, 0.05) is 46.6 Å². The molecule has 0 atom stereocenters. The molecule has 0 bridgehead atoms. The van der Waals surface area contributed by atoms with E-state index in [-0.39, 0.29) is 6.61 Å². The zero-order valence-corrected chi connectivity index (χ0v) is 11.7. The van der Waals surface area contributed by atoms with Crippen molar-refractivity contribution < 1.29 is 5.11 Å². The van der Waals surface area contributed by atoms with Crippen LogP contribution in [0.1, 0.15) is 19.5 Å². The number of nitrogen functional groups attached to an aromatic ring is 1. The highest BCUT2D eigenvalue weighted by molar-refractivity contribution is 6.01. The third-order valence-corrected chi connectivity index (χ3v) is 3.32. The molecule has 0 aliphatic heterocycles. The van der Waals surface area contributed by atoms with E-state index in [0.29, 0.717) is 12.6 Å². The van der Waals surface area contributed by atoms with Gasteiger partial charge >= 0.3 is 0 Å². The first-order chi connectivity index (χ1) is 9.04. The van der Waals surface area contributed by atoms with Crippen molar-refractivity contribution in [2.24, 2.45) is 0 Å². The summed E-state index contributed by atoms with van der Waals surface area (Å²) < 4.78 is 0. The minimum absolute atomic E-state index is 0.133. The Kier molecular flexibility index (Phi) is 3.90. The lowest BCUT2D eigenvalue weighted by atomic mass is 10.1. The smallest absolute Gasteiger partial charge is 0.0606 e. The predicted molar refractivity (Wildman–Crippen MR) is 80.5 cm³/mol. The van der Waals surface area contributed by atoms with E-state index in [2.05, 4.69) is 23.7 Å². The van der Waals surface area contributed by atoms with Crippen molar-refractivity contribution in [2.45, 2.75) is 26.8 Å². The van der Waals surface area contributed by atoms with E-state index in [0.717, 1.165) is 27.8 Å². The van der Waals surface area contributed by atoms with Crippen LogP contribution in [0, 0.1) is 6.92 Å². The highest BCUT2D eigenvalue weighted by Crippen LogP contribution is 2.31. The molecule has 0 spiro atoms. The first kappa shape index (κ1) is 13.6.